The fourth-order valence-corrected chi connectivity index (χ4v) is 3.60. The topological polar surface area (TPSA) is 68.8 Å². The number of rotatable bonds is 4. The zero-order valence-corrected chi connectivity index (χ0v) is 16.1. The van der Waals surface area contributed by atoms with Crippen molar-refractivity contribution in [3.05, 3.63) is 48.2 Å². The van der Waals surface area contributed by atoms with Crippen LogP contribution in [0, 0.1) is 0 Å². The van der Waals surface area contributed by atoms with Gasteiger partial charge in [-0.25, -0.2) is 4.98 Å². The van der Waals surface area contributed by atoms with Gasteiger partial charge in [-0.15, -0.1) is 0 Å². The lowest BCUT2D eigenvalue weighted by atomic mass is 10.2. The predicted molar refractivity (Wildman–Crippen MR) is 110 cm³/mol. The van der Waals surface area contributed by atoms with E-state index in [1.165, 1.54) is 0 Å². The number of carbonyl (C=O) groups is 2. The molecule has 2 saturated heterocycles. The van der Waals surface area contributed by atoms with Crippen LogP contribution in [0.2, 0.25) is 0 Å². The second-order valence-corrected chi connectivity index (χ2v) is 7.35. The summed E-state index contributed by atoms with van der Waals surface area (Å²) in [6, 6.07) is 11.0. The van der Waals surface area contributed by atoms with E-state index in [1.807, 2.05) is 24.3 Å². The van der Waals surface area contributed by atoms with E-state index < -0.39 is 0 Å². The summed E-state index contributed by atoms with van der Waals surface area (Å²) in [6.45, 7) is 4.72. The number of aromatic nitrogens is 1. The number of carbonyl (C=O) groups excluding carboxylic acids is 2. The Bertz CT molecular complexity index is 842. The molecule has 0 saturated carbocycles. The zero-order chi connectivity index (χ0) is 19.5. The van der Waals surface area contributed by atoms with E-state index >= 15 is 0 Å². The lowest BCUT2D eigenvalue weighted by molar-refractivity contribution is -0.117. The third-order valence-corrected chi connectivity index (χ3v) is 5.35. The maximum absolute atomic E-state index is 12.5. The third kappa shape index (κ3) is 3.99. The molecule has 2 fully saturated rings. The Balaban J connectivity index is 1.37. The predicted octanol–water partition coefficient (Wildman–Crippen LogP) is 2.21. The van der Waals surface area contributed by atoms with Crippen LogP contribution >= 0.6 is 0 Å². The molecule has 1 aromatic heterocycles. The van der Waals surface area contributed by atoms with E-state index in [9.17, 15) is 9.59 Å². The van der Waals surface area contributed by atoms with Crippen molar-refractivity contribution in [2.24, 2.45) is 0 Å². The van der Waals surface area contributed by atoms with Gasteiger partial charge >= 0.3 is 0 Å². The standard InChI is InChI=1S/C21H25N5O2/c1-24-11-13-25(14-12-24)19-9-6-17(15-22-19)23-21(28)16-4-7-18(8-5-16)26-10-2-3-20(26)27/h4-9,15H,2-3,10-14H2,1H3,(H,23,28). The SMILES string of the molecule is CN1CCN(c2ccc(NC(=O)c3ccc(N4CCCC4=O)cc3)cn2)CC1. The van der Waals surface area contributed by atoms with E-state index in [-0.39, 0.29) is 11.8 Å². The van der Waals surface area contributed by atoms with Gasteiger partial charge in [0.25, 0.3) is 5.91 Å². The van der Waals surface area contributed by atoms with E-state index in [1.54, 1.807) is 23.2 Å². The average molecular weight is 379 g/mol. The quantitative estimate of drug-likeness (QED) is 0.882. The Kier molecular flexibility index (Phi) is 5.25. The smallest absolute Gasteiger partial charge is 0.255 e. The van der Waals surface area contributed by atoms with Gasteiger partial charge < -0.3 is 20.0 Å². The maximum atomic E-state index is 12.5. The number of benzene rings is 1. The summed E-state index contributed by atoms with van der Waals surface area (Å²) in [7, 11) is 2.12. The number of likely N-dealkylation sites (N-methyl/N-ethyl adjacent to an activating group) is 1. The van der Waals surface area contributed by atoms with Crippen LogP contribution in [-0.4, -0.2) is 61.5 Å². The molecule has 3 heterocycles. The number of nitrogens with one attached hydrogen (secondary N) is 1. The molecular formula is C21H25N5O2. The second-order valence-electron chi connectivity index (χ2n) is 7.35. The highest BCUT2D eigenvalue weighted by molar-refractivity contribution is 6.04. The number of anilines is 3. The molecule has 146 valence electrons. The van der Waals surface area contributed by atoms with Crippen molar-refractivity contribution < 1.29 is 9.59 Å². The maximum Gasteiger partial charge on any atom is 0.255 e. The summed E-state index contributed by atoms with van der Waals surface area (Å²) in [4.78, 5) is 35.1. The normalized spacial score (nSPS) is 17.8. The zero-order valence-electron chi connectivity index (χ0n) is 16.1. The van der Waals surface area contributed by atoms with Crippen molar-refractivity contribution in [1.82, 2.24) is 9.88 Å². The Labute approximate surface area is 164 Å². The van der Waals surface area contributed by atoms with Crippen LogP contribution in [0.1, 0.15) is 23.2 Å². The van der Waals surface area contributed by atoms with E-state index in [0.717, 1.165) is 50.6 Å². The van der Waals surface area contributed by atoms with E-state index in [4.69, 9.17) is 0 Å². The lowest BCUT2D eigenvalue weighted by Gasteiger charge is -2.33. The summed E-state index contributed by atoms with van der Waals surface area (Å²) < 4.78 is 0. The van der Waals surface area contributed by atoms with Gasteiger partial charge in [-0.1, -0.05) is 0 Å². The first-order valence-corrected chi connectivity index (χ1v) is 9.71. The van der Waals surface area contributed by atoms with Crippen molar-refractivity contribution in [1.29, 1.82) is 0 Å². The van der Waals surface area contributed by atoms with Gasteiger partial charge in [0.15, 0.2) is 0 Å². The van der Waals surface area contributed by atoms with Crippen LogP contribution in [0.25, 0.3) is 0 Å². The molecule has 0 unspecified atom stereocenters. The Morgan fingerprint density at radius 2 is 1.75 bits per heavy atom. The highest BCUT2D eigenvalue weighted by atomic mass is 16.2. The molecule has 0 aliphatic carbocycles. The van der Waals surface area contributed by atoms with E-state index in [0.29, 0.717) is 17.7 Å². The highest BCUT2D eigenvalue weighted by Crippen LogP contribution is 2.22. The molecule has 0 radical (unpaired) electrons. The molecule has 7 heteroatoms. The number of amides is 2. The Morgan fingerprint density at radius 1 is 1.00 bits per heavy atom. The van der Waals surface area contributed by atoms with Gasteiger partial charge in [-0.05, 0) is 49.9 Å². The third-order valence-electron chi connectivity index (χ3n) is 5.35. The first kappa shape index (κ1) is 18.4. The summed E-state index contributed by atoms with van der Waals surface area (Å²) >= 11 is 0. The molecule has 2 aliphatic heterocycles. The molecular weight excluding hydrogens is 354 g/mol. The van der Waals surface area contributed by atoms with Gasteiger partial charge in [0.2, 0.25) is 5.91 Å². The van der Waals surface area contributed by atoms with E-state index in [2.05, 4.69) is 27.1 Å². The summed E-state index contributed by atoms with van der Waals surface area (Å²) in [5, 5.41) is 2.88. The van der Waals surface area contributed by atoms with Crippen LogP contribution in [0.4, 0.5) is 17.2 Å². The molecule has 7 nitrogen and oxygen atoms in total. The largest absolute Gasteiger partial charge is 0.354 e. The fraction of sp³-hybridized carbons (Fsp3) is 0.381. The Morgan fingerprint density at radius 3 is 2.36 bits per heavy atom. The minimum atomic E-state index is -0.187. The van der Waals surface area contributed by atoms with Crippen LogP contribution in [0.15, 0.2) is 42.6 Å². The average Bonchev–Trinajstić information content (AvgIpc) is 3.15. The molecule has 1 N–H and O–H groups in total. The van der Waals surface area contributed by atoms with Crippen molar-refractivity contribution >= 4 is 29.0 Å². The fourth-order valence-electron chi connectivity index (χ4n) is 3.60. The second kappa shape index (κ2) is 7.98. The first-order chi connectivity index (χ1) is 13.6. The van der Waals surface area contributed by atoms with Crippen LogP contribution < -0.4 is 15.1 Å². The van der Waals surface area contributed by atoms with Gasteiger partial charge in [0, 0.05) is 50.4 Å². The molecule has 28 heavy (non-hydrogen) atoms. The molecule has 4 rings (SSSR count). The van der Waals surface area contributed by atoms with Crippen LogP contribution in [0.5, 0.6) is 0 Å². The van der Waals surface area contributed by atoms with Crippen molar-refractivity contribution in [2.75, 3.05) is 54.9 Å². The minimum Gasteiger partial charge on any atom is -0.354 e. The van der Waals surface area contributed by atoms with Gasteiger partial charge in [0.1, 0.15) is 5.82 Å². The van der Waals surface area contributed by atoms with Gasteiger partial charge in [0.05, 0.1) is 11.9 Å². The number of hydrogen-bond donors (Lipinski definition) is 1. The molecule has 2 aromatic rings. The highest BCUT2D eigenvalue weighted by Gasteiger charge is 2.21. The van der Waals surface area contributed by atoms with Crippen LogP contribution in [0.3, 0.4) is 0 Å². The summed E-state index contributed by atoms with van der Waals surface area (Å²) in [5.74, 6) is 0.892. The first-order valence-electron chi connectivity index (χ1n) is 9.71. The van der Waals surface area contributed by atoms with Crippen LogP contribution in [-0.2, 0) is 4.79 Å². The molecule has 0 atom stereocenters. The molecule has 0 bridgehead atoms. The van der Waals surface area contributed by atoms with Gasteiger partial charge in [-0.2, -0.15) is 0 Å². The van der Waals surface area contributed by atoms with Crippen molar-refractivity contribution in [3.63, 3.8) is 0 Å². The van der Waals surface area contributed by atoms with Crippen molar-refractivity contribution in [2.45, 2.75) is 12.8 Å². The number of pyridine rings is 1. The number of hydrogen-bond acceptors (Lipinski definition) is 5. The number of nitrogens with zero attached hydrogens (tertiary/aromatic N) is 4. The van der Waals surface area contributed by atoms with Crippen molar-refractivity contribution in [3.8, 4) is 0 Å². The van der Waals surface area contributed by atoms with Gasteiger partial charge in [-0.3, -0.25) is 9.59 Å². The minimum absolute atomic E-state index is 0.142. The molecule has 2 aliphatic rings. The lowest BCUT2D eigenvalue weighted by Crippen LogP contribution is -2.44. The molecule has 2 amide bonds. The molecule has 1 aromatic carbocycles. The summed E-state index contributed by atoms with van der Waals surface area (Å²) in [6.07, 6.45) is 3.18. The number of piperazine rings is 1. The monoisotopic (exact) mass is 379 g/mol. The summed E-state index contributed by atoms with van der Waals surface area (Å²) in [5.41, 5.74) is 2.07. The molecule has 0 spiro atoms. The Hall–Kier alpha value is -2.93.